The average Bonchev–Trinajstić information content (AvgIpc) is 2.36. The molecule has 0 radical (unpaired) electrons. The molecule has 1 rings (SSSR count). The first kappa shape index (κ1) is 16.8. The smallest absolute Gasteiger partial charge is 0.257 e. The van der Waals surface area contributed by atoms with E-state index < -0.39 is 0 Å². The fourth-order valence-electron chi connectivity index (χ4n) is 1.51. The highest BCUT2D eigenvalue weighted by Gasteiger charge is 2.12. The van der Waals surface area contributed by atoms with E-state index in [0.29, 0.717) is 23.8 Å². The first-order valence-corrected chi connectivity index (χ1v) is 7.03. The molecule has 6 heteroatoms. The summed E-state index contributed by atoms with van der Waals surface area (Å²) in [5.74, 6) is 0.433. The van der Waals surface area contributed by atoms with Gasteiger partial charge in [0.25, 0.3) is 5.91 Å². The zero-order valence-corrected chi connectivity index (χ0v) is 12.9. The molecule has 1 amide bonds. The van der Waals surface area contributed by atoms with Gasteiger partial charge < -0.3 is 10.1 Å². The van der Waals surface area contributed by atoms with E-state index in [9.17, 15) is 9.59 Å². The Kier molecular flexibility index (Phi) is 6.82. The summed E-state index contributed by atoms with van der Waals surface area (Å²) in [6, 6.07) is 2.90. The molecule has 0 aliphatic heterocycles. The third-order valence-electron chi connectivity index (χ3n) is 2.56. The first-order valence-electron chi connectivity index (χ1n) is 6.27. The lowest BCUT2D eigenvalue weighted by molar-refractivity contribution is -0.123. The van der Waals surface area contributed by atoms with Crippen molar-refractivity contribution in [3.05, 3.63) is 27.7 Å². The van der Waals surface area contributed by atoms with Gasteiger partial charge in [-0.15, -0.1) is 0 Å². The standard InChI is InChI=1S/C14H17Cl2NO3/c1-9(2)3-4-17-13(19)8-20-14-10(7-18)5-11(15)6-12(14)16/h5-7,9H,3-4,8H2,1-2H3,(H,17,19). The summed E-state index contributed by atoms with van der Waals surface area (Å²) in [6.45, 7) is 4.55. The van der Waals surface area contributed by atoms with Gasteiger partial charge in [-0.3, -0.25) is 9.59 Å². The van der Waals surface area contributed by atoms with E-state index >= 15 is 0 Å². The fourth-order valence-corrected chi connectivity index (χ4v) is 2.07. The molecule has 20 heavy (non-hydrogen) atoms. The third-order valence-corrected chi connectivity index (χ3v) is 3.05. The van der Waals surface area contributed by atoms with Gasteiger partial charge in [-0.05, 0) is 24.5 Å². The van der Waals surface area contributed by atoms with Crippen LogP contribution in [-0.2, 0) is 4.79 Å². The van der Waals surface area contributed by atoms with Crippen molar-refractivity contribution >= 4 is 35.4 Å². The molecule has 0 saturated heterocycles. The number of benzene rings is 1. The lowest BCUT2D eigenvalue weighted by Crippen LogP contribution is -2.30. The summed E-state index contributed by atoms with van der Waals surface area (Å²) in [5, 5.41) is 3.27. The van der Waals surface area contributed by atoms with Crippen molar-refractivity contribution in [1.82, 2.24) is 5.32 Å². The zero-order valence-electron chi connectivity index (χ0n) is 11.4. The molecule has 0 aliphatic carbocycles. The number of amides is 1. The van der Waals surface area contributed by atoms with Gasteiger partial charge in [0.1, 0.15) is 5.75 Å². The molecule has 0 fully saturated rings. The minimum absolute atomic E-state index is 0.171. The molecule has 0 saturated carbocycles. The van der Waals surface area contributed by atoms with Gasteiger partial charge in [0.2, 0.25) is 0 Å². The summed E-state index contributed by atoms with van der Waals surface area (Å²) in [5.41, 5.74) is 0.220. The monoisotopic (exact) mass is 317 g/mol. The highest BCUT2D eigenvalue weighted by Crippen LogP contribution is 2.31. The van der Waals surface area contributed by atoms with Crippen molar-refractivity contribution in [3.63, 3.8) is 0 Å². The second-order valence-electron chi connectivity index (χ2n) is 4.74. The van der Waals surface area contributed by atoms with Crippen molar-refractivity contribution in [3.8, 4) is 5.75 Å². The Labute approximate surface area is 128 Å². The van der Waals surface area contributed by atoms with Crippen molar-refractivity contribution in [2.24, 2.45) is 5.92 Å². The second-order valence-corrected chi connectivity index (χ2v) is 5.59. The molecule has 0 aromatic heterocycles. The molecule has 0 unspecified atom stereocenters. The maximum Gasteiger partial charge on any atom is 0.257 e. The number of ether oxygens (including phenoxy) is 1. The van der Waals surface area contributed by atoms with Crippen LogP contribution in [0.15, 0.2) is 12.1 Å². The molecular formula is C14H17Cl2NO3. The SMILES string of the molecule is CC(C)CCNC(=O)COc1c(Cl)cc(Cl)cc1C=O. The van der Waals surface area contributed by atoms with E-state index in [2.05, 4.69) is 19.2 Å². The predicted molar refractivity (Wildman–Crippen MR) is 79.8 cm³/mol. The number of nitrogens with one attached hydrogen (secondary N) is 1. The van der Waals surface area contributed by atoms with Crippen LogP contribution in [-0.4, -0.2) is 25.3 Å². The highest BCUT2D eigenvalue weighted by molar-refractivity contribution is 6.36. The van der Waals surface area contributed by atoms with E-state index in [1.165, 1.54) is 12.1 Å². The minimum atomic E-state index is -0.256. The number of aldehydes is 1. The van der Waals surface area contributed by atoms with E-state index in [4.69, 9.17) is 27.9 Å². The Morgan fingerprint density at radius 1 is 1.40 bits per heavy atom. The summed E-state index contributed by atoms with van der Waals surface area (Å²) in [7, 11) is 0. The fraction of sp³-hybridized carbons (Fsp3) is 0.429. The Hall–Kier alpha value is -1.26. The van der Waals surface area contributed by atoms with E-state index in [0.717, 1.165) is 6.42 Å². The normalized spacial score (nSPS) is 10.4. The lowest BCUT2D eigenvalue weighted by atomic mass is 10.1. The summed E-state index contributed by atoms with van der Waals surface area (Å²) < 4.78 is 5.30. The van der Waals surface area contributed by atoms with E-state index in [1.54, 1.807) is 0 Å². The molecule has 1 aromatic carbocycles. The molecule has 0 aliphatic rings. The summed E-state index contributed by atoms with van der Waals surface area (Å²) in [6.07, 6.45) is 1.48. The van der Waals surface area contributed by atoms with Crippen LogP contribution in [0.5, 0.6) is 5.75 Å². The highest BCUT2D eigenvalue weighted by atomic mass is 35.5. The van der Waals surface area contributed by atoms with Crippen molar-refractivity contribution in [2.45, 2.75) is 20.3 Å². The maximum atomic E-state index is 11.6. The van der Waals surface area contributed by atoms with Crippen LogP contribution >= 0.6 is 23.2 Å². The van der Waals surface area contributed by atoms with Crippen LogP contribution in [0.25, 0.3) is 0 Å². The second kappa shape index (κ2) is 8.12. The van der Waals surface area contributed by atoms with Gasteiger partial charge in [-0.25, -0.2) is 0 Å². The van der Waals surface area contributed by atoms with Gasteiger partial charge in [0.15, 0.2) is 12.9 Å². The third kappa shape index (κ3) is 5.39. The Morgan fingerprint density at radius 2 is 2.10 bits per heavy atom. The lowest BCUT2D eigenvalue weighted by Gasteiger charge is -2.11. The molecule has 0 spiro atoms. The van der Waals surface area contributed by atoms with Crippen LogP contribution in [0.1, 0.15) is 30.6 Å². The average molecular weight is 318 g/mol. The van der Waals surface area contributed by atoms with Crippen LogP contribution in [0.2, 0.25) is 10.0 Å². The summed E-state index contributed by atoms with van der Waals surface area (Å²) in [4.78, 5) is 22.5. The van der Waals surface area contributed by atoms with Gasteiger partial charge in [0.05, 0.1) is 10.6 Å². The molecule has 4 nitrogen and oxygen atoms in total. The minimum Gasteiger partial charge on any atom is -0.481 e. The largest absolute Gasteiger partial charge is 0.481 e. The maximum absolute atomic E-state index is 11.6. The molecular weight excluding hydrogens is 301 g/mol. The number of halogens is 2. The van der Waals surface area contributed by atoms with Crippen LogP contribution in [0.4, 0.5) is 0 Å². The number of carbonyl (C=O) groups is 2. The summed E-state index contributed by atoms with van der Waals surface area (Å²) >= 11 is 11.7. The quantitative estimate of drug-likeness (QED) is 0.785. The molecule has 0 bridgehead atoms. The molecule has 1 aromatic rings. The van der Waals surface area contributed by atoms with Gasteiger partial charge in [0, 0.05) is 11.6 Å². The topological polar surface area (TPSA) is 55.4 Å². The molecule has 110 valence electrons. The number of hydrogen-bond donors (Lipinski definition) is 1. The number of rotatable bonds is 7. The molecule has 1 N–H and O–H groups in total. The number of hydrogen-bond acceptors (Lipinski definition) is 3. The van der Waals surface area contributed by atoms with Crippen molar-refractivity contribution < 1.29 is 14.3 Å². The van der Waals surface area contributed by atoms with Crippen LogP contribution in [0, 0.1) is 5.92 Å². The van der Waals surface area contributed by atoms with Gasteiger partial charge in [-0.2, -0.15) is 0 Å². The number of carbonyl (C=O) groups excluding carboxylic acids is 2. The Morgan fingerprint density at radius 3 is 2.70 bits per heavy atom. The van der Waals surface area contributed by atoms with Crippen LogP contribution in [0.3, 0.4) is 0 Å². The Bertz CT molecular complexity index is 490. The zero-order chi connectivity index (χ0) is 15.1. The Balaban J connectivity index is 2.57. The van der Waals surface area contributed by atoms with E-state index in [1.807, 2.05) is 0 Å². The van der Waals surface area contributed by atoms with Crippen LogP contribution < -0.4 is 10.1 Å². The predicted octanol–water partition coefficient (Wildman–Crippen LogP) is 3.35. The van der Waals surface area contributed by atoms with Crippen molar-refractivity contribution in [2.75, 3.05) is 13.2 Å². The van der Waals surface area contributed by atoms with Gasteiger partial charge >= 0.3 is 0 Å². The van der Waals surface area contributed by atoms with Crippen molar-refractivity contribution in [1.29, 1.82) is 0 Å². The molecule has 0 heterocycles. The molecule has 0 atom stereocenters. The van der Waals surface area contributed by atoms with E-state index in [-0.39, 0.29) is 28.8 Å². The first-order chi connectivity index (χ1) is 9.43. The van der Waals surface area contributed by atoms with Gasteiger partial charge in [-0.1, -0.05) is 37.0 Å².